The summed E-state index contributed by atoms with van der Waals surface area (Å²) in [6.45, 7) is 3.58. The summed E-state index contributed by atoms with van der Waals surface area (Å²) in [6, 6.07) is 14.3. The Hall–Kier alpha value is -2.66. The van der Waals surface area contributed by atoms with E-state index in [4.69, 9.17) is 9.84 Å². The second kappa shape index (κ2) is 8.99. The lowest BCUT2D eigenvalue weighted by Crippen LogP contribution is -2.32. The first kappa shape index (κ1) is 18.7. The van der Waals surface area contributed by atoms with Crippen molar-refractivity contribution in [2.24, 2.45) is 0 Å². The Morgan fingerprint density at radius 1 is 1.08 bits per heavy atom. The van der Waals surface area contributed by atoms with Crippen LogP contribution in [0.1, 0.15) is 46.4 Å². The van der Waals surface area contributed by atoms with Crippen LogP contribution >= 0.6 is 0 Å². The van der Waals surface area contributed by atoms with Crippen molar-refractivity contribution in [3.63, 3.8) is 0 Å². The fourth-order valence-electron chi connectivity index (χ4n) is 2.42. The number of aliphatic hydroxyl groups excluding tert-OH is 1. The van der Waals surface area contributed by atoms with Crippen LogP contribution in [-0.4, -0.2) is 23.6 Å². The van der Waals surface area contributed by atoms with E-state index in [1.165, 1.54) is 0 Å². The molecule has 2 N–H and O–H groups in total. The quantitative estimate of drug-likeness (QED) is 0.759. The maximum atomic E-state index is 12.1. The van der Waals surface area contributed by atoms with Gasteiger partial charge in [-0.05, 0) is 36.6 Å². The Morgan fingerprint density at radius 3 is 2.28 bits per heavy atom. The predicted molar refractivity (Wildman–Crippen MR) is 95.0 cm³/mol. The average molecular weight is 341 g/mol. The molecule has 132 valence electrons. The van der Waals surface area contributed by atoms with Crippen LogP contribution < -0.4 is 5.32 Å². The van der Waals surface area contributed by atoms with Gasteiger partial charge in [0.1, 0.15) is 0 Å². The Balaban J connectivity index is 1.88. The van der Waals surface area contributed by atoms with Crippen LogP contribution in [-0.2, 0) is 16.1 Å². The van der Waals surface area contributed by atoms with Gasteiger partial charge < -0.3 is 15.2 Å². The summed E-state index contributed by atoms with van der Waals surface area (Å²) in [5.41, 5.74) is 3.23. The Kier molecular flexibility index (Phi) is 6.71. The number of carbonyl (C=O) groups excluding carboxylic acids is 2. The molecule has 2 aromatic carbocycles. The van der Waals surface area contributed by atoms with Crippen LogP contribution in [0.15, 0.2) is 48.5 Å². The number of nitrogens with one attached hydrogen (secondary N) is 1. The molecule has 0 radical (unpaired) electrons. The Morgan fingerprint density at radius 2 is 1.72 bits per heavy atom. The molecule has 0 heterocycles. The number of hydrogen-bond acceptors (Lipinski definition) is 4. The van der Waals surface area contributed by atoms with Crippen molar-refractivity contribution in [2.75, 3.05) is 6.61 Å². The zero-order valence-electron chi connectivity index (χ0n) is 14.5. The molecule has 0 aliphatic heterocycles. The van der Waals surface area contributed by atoms with Crippen molar-refractivity contribution < 1.29 is 19.4 Å². The van der Waals surface area contributed by atoms with Crippen molar-refractivity contribution in [1.29, 1.82) is 0 Å². The second-order valence-corrected chi connectivity index (χ2v) is 5.87. The largest absolute Gasteiger partial charge is 0.452 e. The van der Waals surface area contributed by atoms with Gasteiger partial charge in [-0.1, -0.05) is 48.9 Å². The van der Waals surface area contributed by atoms with Crippen molar-refractivity contribution >= 4 is 11.9 Å². The van der Waals surface area contributed by atoms with Gasteiger partial charge in [-0.15, -0.1) is 0 Å². The van der Waals surface area contributed by atoms with Crippen LogP contribution in [0.25, 0.3) is 0 Å². The molecule has 0 aliphatic rings. The van der Waals surface area contributed by atoms with Crippen LogP contribution in [0.4, 0.5) is 0 Å². The summed E-state index contributed by atoms with van der Waals surface area (Å²) in [5.74, 6) is -0.907. The maximum absolute atomic E-state index is 12.1. The highest BCUT2D eigenvalue weighted by atomic mass is 16.5. The second-order valence-electron chi connectivity index (χ2n) is 5.87. The molecule has 0 spiro atoms. The zero-order chi connectivity index (χ0) is 18.2. The monoisotopic (exact) mass is 341 g/mol. The summed E-state index contributed by atoms with van der Waals surface area (Å²) in [5, 5.41) is 11.9. The molecular formula is C20H23NO4. The highest BCUT2D eigenvalue weighted by Crippen LogP contribution is 2.17. The number of esters is 1. The lowest BCUT2D eigenvalue weighted by Gasteiger charge is -2.17. The van der Waals surface area contributed by atoms with Gasteiger partial charge >= 0.3 is 5.97 Å². The fraction of sp³-hybridized carbons (Fsp3) is 0.300. The maximum Gasteiger partial charge on any atom is 0.338 e. The number of benzene rings is 2. The van der Waals surface area contributed by atoms with E-state index in [-0.39, 0.29) is 25.2 Å². The van der Waals surface area contributed by atoms with E-state index in [1.54, 1.807) is 24.3 Å². The van der Waals surface area contributed by atoms with Crippen molar-refractivity contribution in [3.8, 4) is 0 Å². The third-order valence-corrected chi connectivity index (χ3v) is 3.93. The highest BCUT2D eigenvalue weighted by molar-refractivity contribution is 5.91. The molecule has 0 fully saturated rings. The molecule has 0 unspecified atom stereocenters. The van der Waals surface area contributed by atoms with Crippen LogP contribution in [0.5, 0.6) is 0 Å². The lowest BCUT2D eigenvalue weighted by molar-refractivity contribution is -0.125. The van der Waals surface area contributed by atoms with E-state index < -0.39 is 5.97 Å². The van der Waals surface area contributed by atoms with Crippen molar-refractivity contribution in [1.82, 2.24) is 5.32 Å². The molecule has 0 aliphatic carbocycles. The average Bonchev–Trinajstić information content (AvgIpc) is 2.65. The topological polar surface area (TPSA) is 75.6 Å². The van der Waals surface area contributed by atoms with Gasteiger partial charge in [0.25, 0.3) is 5.91 Å². The fourth-order valence-corrected chi connectivity index (χ4v) is 2.42. The Labute approximate surface area is 147 Å². The molecule has 2 aromatic rings. The first-order valence-corrected chi connectivity index (χ1v) is 8.26. The molecule has 1 atom stereocenters. The van der Waals surface area contributed by atoms with E-state index in [2.05, 4.69) is 5.32 Å². The van der Waals surface area contributed by atoms with Gasteiger partial charge in [0.2, 0.25) is 0 Å². The number of aryl methyl sites for hydroxylation is 1. The minimum absolute atomic E-state index is 0.0881. The van der Waals surface area contributed by atoms with E-state index in [0.717, 1.165) is 17.5 Å². The first-order chi connectivity index (χ1) is 12.0. The molecule has 2 rings (SSSR count). The number of ether oxygens (including phenoxy) is 1. The molecule has 1 amide bonds. The van der Waals surface area contributed by atoms with Gasteiger partial charge in [-0.25, -0.2) is 4.79 Å². The van der Waals surface area contributed by atoms with Gasteiger partial charge in [0.05, 0.1) is 18.2 Å². The van der Waals surface area contributed by atoms with E-state index >= 15 is 0 Å². The molecule has 25 heavy (non-hydrogen) atoms. The van der Waals surface area contributed by atoms with Crippen molar-refractivity contribution in [3.05, 3.63) is 70.8 Å². The van der Waals surface area contributed by atoms with Crippen molar-refractivity contribution in [2.45, 2.75) is 32.9 Å². The minimum atomic E-state index is -0.567. The molecule has 0 bridgehead atoms. The first-order valence-electron chi connectivity index (χ1n) is 8.26. The lowest BCUT2D eigenvalue weighted by atomic mass is 10.0. The zero-order valence-corrected chi connectivity index (χ0v) is 14.5. The van der Waals surface area contributed by atoms with E-state index in [0.29, 0.717) is 11.1 Å². The summed E-state index contributed by atoms with van der Waals surface area (Å²) in [6.07, 6.45) is 0.741. The molecule has 0 saturated heterocycles. The number of aliphatic hydroxyl groups is 1. The summed E-state index contributed by atoms with van der Waals surface area (Å²) in [7, 11) is 0. The summed E-state index contributed by atoms with van der Waals surface area (Å²) in [4.78, 5) is 24.0. The molecule has 5 heteroatoms. The minimum Gasteiger partial charge on any atom is -0.452 e. The van der Waals surface area contributed by atoms with Gasteiger partial charge in [0.15, 0.2) is 6.61 Å². The number of rotatable bonds is 7. The third-order valence-electron chi connectivity index (χ3n) is 3.93. The molecule has 0 aromatic heterocycles. The third kappa shape index (κ3) is 5.43. The van der Waals surface area contributed by atoms with Crippen LogP contribution in [0, 0.1) is 6.92 Å². The number of amides is 1. The van der Waals surface area contributed by atoms with E-state index in [9.17, 15) is 9.59 Å². The summed E-state index contributed by atoms with van der Waals surface area (Å²) < 4.78 is 5.05. The number of carbonyl (C=O) groups is 2. The Bertz CT molecular complexity index is 707. The number of hydrogen-bond donors (Lipinski definition) is 2. The van der Waals surface area contributed by atoms with E-state index in [1.807, 2.05) is 38.1 Å². The standard InChI is InChI=1S/C20H23NO4/c1-3-18(16-8-4-14(2)5-9-16)21-19(23)13-25-20(24)17-10-6-15(12-22)7-11-17/h4-11,18,22H,3,12-13H2,1-2H3,(H,21,23)/t18-/m0/s1. The molecule has 0 saturated carbocycles. The van der Waals surface area contributed by atoms with Crippen LogP contribution in [0.3, 0.4) is 0 Å². The molecule has 5 nitrogen and oxygen atoms in total. The predicted octanol–water partition coefficient (Wildman–Crippen LogP) is 2.91. The highest BCUT2D eigenvalue weighted by Gasteiger charge is 2.15. The van der Waals surface area contributed by atoms with Gasteiger partial charge in [0, 0.05) is 0 Å². The summed E-state index contributed by atoms with van der Waals surface area (Å²) >= 11 is 0. The SMILES string of the molecule is CC[C@H](NC(=O)COC(=O)c1ccc(CO)cc1)c1ccc(C)cc1. The van der Waals surface area contributed by atoms with Crippen LogP contribution in [0.2, 0.25) is 0 Å². The van der Waals surface area contributed by atoms with Gasteiger partial charge in [-0.2, -0.15) is 0 Å². The normalized spacial score (nSPS) is 11.6. The smallest absolute Gasteiger partial charge is 0.338 e. The van der Waals surface area contributed by atoms with Gasteiger partial charge in [-0.3, -0.25) is 4.79 Å². The molecular weight excluding hydrogens is 318 g/mol.